The normalized spacial score (nSPS) is 14.4. The van der Waals surface area contributed by atoms with E-state index in [0.717, 1.165) is 24.4 Å². The van der Waals surface area contributed by atoms with E-state index in [1.54, 1.807) is 0 Å². The van der Waals surface area contributed by atoms with Crippen LogP contribution in [-0.2, 0) is 6.54 Å². The fraction of sp³-hybridized carbons (Fsp3) is 0.722. The van der Waals surface area contributed by atoms with Crippen molar-refractivity contribution < 1.29 is 0 Å². The van der Waals surface area contributed by atoms with Gasteiger partial charge in [0.2, 0.25) is 0 Å². The molecule has 1 aromatic rings. The Morgan fingerprint density at radius 1 is 1.19 bits per heavy atom. The summed E-state index contributed by atoms with van der Waals surface area (Å²) in [4.78, 5) is 6.97. The lowest BCUT2D eigenvalue weighted by molar-refractivity contribution is 0.121. The van der Waals surface area contributed by atoms with Gasteiger partial charge in [-0.25, -0.2) is 0 Å². The number of unbranched alkanes of at least 4 members (excludes halogenated alkanes) is 4. The molecule has 0 aliphatic carbocycles. The Hall–Kier alpha value is -0.930. The van der Waals surface area contributed by atoms with Crippen LogP contribution >= 0.6 is 0 Å². The molecule has 1 atom stereocenters. The molecule has 0 bridgehead atoms. The molecule has 0 aromatic carbocycles. The maximum Gasteiger partial charge on any atom is 0.0547 e. The van der Waals surface area contributed by atoms with E-state index >= 15 is 0 Å². The van der Waals surface area contributed by atoms with Gasteiger partial charge in [-0.05, 0) is 39.4 Å². The number of likely N-dealkylation sites (N-methyl/N-ethyl adjacent to an activating group) is 1. The molecule has 0 radical (unpaired) electrons. The predicted molar refractivity (Wildman–Crippen MR) is 91.3 cm³/mol. The molecule has 1 heterocycles. The average molecular weight is 291 g/mol. The molecule has 1 rings (SSSR count). The van der Waals surface area contributed by atoms with E-state index < -0.39 is 0 Å². The van der Waals surface area contributed by atoms with E-state index in [0.29, 0.717) is 6.54 Å². The Labute approximate surface area is 130 Å². The summed E-state index contributed by atoms with van der Waals surface area (Å²) in [6.07, 6.45) is 7.74. The van der Waals surface area contributed by atoms with Gasteiger partial charge in [0.05, 0.1) is 5.69 Å². The standard InChI is InChI=1S/C18H33N3/c1-5-6-7-8-9-13-18(3,15-19)21(4)14-17-12-10-11-16(2)20-17/h10-12H,5-9,13-15,19H2,1-4H3. The molecule has 0 saturated heterocycles. The monoisotopic (exact) mass is 291 g/mol. The molecule has 0 saturated carbocycles. The van der Waals surface area contributed by atoms with Gasteiger partial charge in [0.15, 0.2) is 0 Å². The van der Waals surface area contributed by atoms with Crippen molar-refractivity contribution in [1.29, 1.82) is 0 Å². The van der Waals surface area contributed by atoms with E-state index in [2.05, 4.69) is 42.9 Å². The molecule has 0 amide bonds. The lowest BCUT2D eigenvalue weighted by Gasteiger charge is -2.38. The summed E-state index contributed by atoms with van der Waals surface area (Å²) in [5, 5.41) is 0. The number of pyridine rings is 1. The first kappa shape index (κ1) is 18.1. The molecule has 120 valence electrons. The van der Waals surface area contributed by atoms with Crippen molar-refractivity contribution in [3.8, 4) is 0 Å². The molecule has 0 aliphatic heterocycles. The Kier molecular flexibility index (Phi) is 7.91. The zero-order valence-corrected chi connectivity index (χ0v) is 14.4. The summed E-state index contributed by atoms with van der Waals surface area (Å²) in [5.41, 5.74) is 8.34. The van der Waals surface area contributed by atoms with Crippen LogP contribution in [0.3, 0.4) is 0 Å². The number of aryl methyl sites for hydroxylation is 1. The fourth-order valence-corrected chi connectivity index (χ4v) is 2.68. The Balaban J connectivity index is 2.52. The topological polar surface area (TPSA) is 42.1 Å². The summed E-state index contributed by atoms with van der Waals surface area (Å²) < 4.78 is 0. The molecule has 0 aliphatic rings. The van der Waals surface area contributed by atoms with E-state index in [-0.39, 0.29) is 5.54 Å². The Morgan fingerprint density at radius 2 is 1.90 bits per heavy atom. The predicted octanol–water partition coefficient (Wildman–Crippen LogP) is 3.90. The van der Waals surface area contributed by atoms with Gasteiger partial charge in [-0.3, -0.25) is 9.88 Å². The summed E-state index contributed by atoms with van der Waals surface area (Å²) in [7, 11) is 2.17. The summed E-state index contributed by atoms with van der Waals surface area (Å²) in [6, 6.07) is 6.22. The molecule has 2 N–H and O–H groups in total. The van der Waals surface area contributed by atoms with Crippen molar-refractivity contribution in [3.05, 3.63) is 29.6 Å². The SMILES string of the molecule is CCCCCCCC(C)(CN)N(C)Cc1cccc(C)n1. The van der Waals surface area contributed by atoms with Crippen molar-refractivity contribution in [2.45, 2.75) is 71.4 Å². The highest BCUT2D eigenvalue weighted by atomic mass is 15.2. The van der Waals surface area contributed by atoms with Crippen LogP contribution in [0.4, 0.5) is 0 Å². The first-order valence-electron chi connectivity index (χ1n) is 8.35. The third-order valence-corrected chi connectivity index (χ3v) is 4.53. The molecule has 3 heteroatoms. The van der Waals surface area contributed by atoms with Crippen LogP contribution in [0.15, 0.2) is 18.2 Å². The minimum Gasteiger partial charge on any atom is -0.329 e. The number of aromatic nitrogens is 1. The van der Waals surface area contributed by atoms with Crippen LogP contribution in [0.25, 0.3) is 0 Å². The van der Waals surface area contributed by atoms with Crippen molar-refractivity contribution >= 4 is 0 Å². The molecular formula is C18H33N3. The second kappa shape index (κ2) is 9.16. The molecule has 1 aromatic heterocycles. The van der Waals surface area contributed by atoms with E-state index in [1.165, 1.54) is 32.1 Å². The van der Waals surface area contributed by atoms with Gasteiger partial charge in [0.25, 0.3) is 0 Å². The maximum atomic E-state index is 6.07. The molecule has 1 unspecified atom stereocenters. The average Bonchev–Trinajstić information content (AvgIpc) is 2.46. The van der Waals surface area contributed by atoms with Gasteiger partial charge >= 0.3 is 0 Å². The highest BCUT2D eigenvalue weighted by Crippen LogP contribution is 2.22. The Bertz CT molecular complexity index is 405. The van der Waals surface area contributed by atoms with Crippen LogP contribution in [-0.4, -0.2) is 29.0 Å². The minimum atomic E-state index is 0.0671. The van der Waals surface area contributed by atoms with Gasteiger partial charge in [-0.15, -0.1) is 0 Å². The van der Waals surface area contributed by atoms with E-state index in [4.69, 9.17) is 5.73 Å². The zero-order chi connectivity index (χ0) is 15.7. The van der Waals surface area contributed by atoms with E-state index in [1.807, 2.05) is 13.0 Å². The summed E-state index contributed by atoms with van der Waals surface area (Å²) in [6.45, 7) is 8.14. The number of nitrogens with two attached hydrogens (primary N) is 1. The lowest BCUT2D eigenvalue weighted by Crippen LogP contribution is -2.49. The van der Waals surface area contributed by atoms with Gasteiger partial charge in [-0.1, -0.05) is 45.1 Å². The summed E-state index contributed by atoms with van der Waals surface area (Å²) >= 11 is 0. The molecular weight excluding hydrogens is 258 g/mol. The second-order valence-corrected chi connectivity index (χ2v) is 6.49. The van der Waals surface area contributed by atoms with Crippen molar-refractivity contribution in [2.24, 2.45) is 5.73 Å². The highest BCUT2D eigenvalue weighted by molar-refractivity contribution is 5.10. The van der Waals surface area contributed by atoms with Crippen LogP contribution < -0.4 is 5.73 Å². The molecule has 21 heavy (non-hydrogen) atoms. The summed E-state index contributed by atoms with van der Waals surface area (Å²) in [5.74, 6) is 0. The molecule has 0 fully saturated rings. The van der Waals surface area contributed by atoms with E-state index in [9.17, 15) is 0 Å². The third kappa shape index (κ3) is 6.15. The largest absolute Gasteiger partial charge is 0.329 e. The van der Waals surface area contributed by atoms with Crippen molar-refractivity contribution in [3.63, 3.8) is 0 Å². The van der Waals surface area contributed by atoms with Crippen molar-refractivity contribution in [1.82, 2.24) is 9.88 Å². The number of rotatable bonds is 10. The first-order valence-corrected chi connectivity index (χ1v) is 8.35. The van der Waals surface area contributed by atoms with Crippen LogP contribution in [0, 0.1) is 6.92 Å². The molecule has 0 spiro atoms. The number of nitrogens with zero attached hydrogens (tertiary/aromatic N) is 2. The minimum absolute atomic E-state index is 0.0671. The van der Waals surface area contributed by atoms with Crippen LogP contribution in [0.2, 0.25) is 0 Å². The quantitative estimate of drug-likeness (QED) is 0.665. The van der Waals surface area contributed by atoms with Crippen LogP contribution in [0.1, 0.15) is 63.8 Å². The smallest absolute Gasteiger partial charge is 0.0547 e. The van der Waals surface area contributed by atoms with Crippen LogP contribution in [0.5, 0.6) is 0 Å². The van der Waals surface area contributed by atoms with Gasteiger partial charge in [0.1, 0.15) is 0 Å². The number of hydrogen-bond acceptors (Lipinski definition) is 3. The maximum absolute atomic E-state index is 6.07. The zero-order valence-electron chi connectivity index (χ0n) is 14.4. The number of hydrogen-bond donors (Lipinski definition) is 1. The van der Waals surface area contributed by atoms with Gasteiger partial charge in [-0.2, -0.15) is 0 Å². The van der Waals surface area contributed by atoms with Crippen molar-refractivity contribution in [2.75, 3.05) is 13.6 Å². The van der Waals surface area contributed by atoms with Gasteiger partial charge in [0, 0.05) is 24.3 Å². The third-order valence-electron chi connectivity index (χ3n) is 4.53. The second-order valence-electron chi connectivity index (χ2n) is 6.49. The lowest BCUT2D eigenvalue weighted by atomic mass is 9.92. The molecule has 3 nitrogen and oxygen atoms in total. The highest BCUT2D eigenvalue weighted by Gasteiger charge is 2.27. The fourth-order valence-electron chi connectivity index (χ4n) is 2.68. The Morgan fingerprint density at radius 3 is 2.52 bits per heavy atom. The van der Waals surface area contributed by atoms with Gasteiger partial charge < -0.3 is 5.73 Å². The first-order chi connectivity index (χ1) is 10.0.